The van der Waals surface area contributed by atoms with Crippen molar-refractivity contribution in [2.24, 2.45) is 0 Å². The normalized spacial score (nSPS) is 14.1. The molecule has 1 aliphatic rings. The Kier molecular flexibility index (Phi) is 6.90. The van der Waals surface area contributed by atoms with Gasteiger partial charge in [-0.3, -0.25) is 4.79 Å². The third-order valence-electron chi connectivity index (χ3n) is 6.34. The number of nitrogens with one attached hydrogen (secondary N) is 1. The summed E-state index contributed by atoms with van der Waals surface area (Å²) in [5.74, 6) is 0.965. The second kappa shape index (κ2) is 10.0. The fraction of sp³-hybridized carbons (Fsp3) is 0.400. The molecule has 9 nitrogen and oxygen atoms in total. The monoisotopic (exact) mass is 469 g/mol. The largest absolute Gasteiger partial charge is 0.632 e. The molecule has 34 heavy (non-hydrogen) atoms. The van der Waals surface area contributed by atoms with Gasteiger partial charge >= 0.3 is 11.9 Å². The molecule has 0 aliphatic heterocycles. The number of ether oxygens (including phenoxy) is 3. The van der Waals surface area contributed by atoms with Gasteiger partial charge in [0.25, 0.3) is 5.91 Å². The van der Waals surface area contributed by atoms with Gasteiger partial charge in [0.05, 0.1) is 33.1 Å². The van der Waals surface area contributed by atoms with Crippen molar-refractivity contribution in [3.05, 3.63) is 36.4 Å². The van der Waals surface area contributed by atoms with Crippen LogP contribution < -0.4 is 28.7 Å². The van der Waals surface area contributed by atoms with Crippen molar-refractivity contribution in [3.63, 3.8) is 0 Å². The fourth-order valence-corrected chi connectivity index (χ4v) is 4.65. The zero-order chi connectivity index (χ0) is 24.2. The highest BCUT2D eigenvalue weighted by Crippen LogP contribution is 2.36. The molecule has 1 saturated carbocycles. The zero-order valence-corrected chi connectivity index (χ0v) is 19.7. The van der Waals surface area contributed by atoms with Gasteiger partial charge < -0.3 is 29.7 Å². The van der Waals surface area contributed by atoms with Crippen LogP contribution in [0.3, 0.4) is 0 Å². The van der Waals surface area contributed by atoms with Crippen LogP contribution in [0.2, 0.25) is 0 Å². The molecule has 0 spiro atoms. The number of hydrogen-bond acceptors (Lipinski definition) is 6. The number of para-hydroxylation sites is 2. The Bertz CT molecular complexity index is 1210. The minimum absolute atomic E-state index is 0.0678. The Hall–Kier alpha value is -3.75. The predicted octanol–water partition coefficient (Wildman–Crippen LogP) is 3.00. The summed E-state index contributed by atoms with van der Waals surface area (Å²) in [5, 5.41) is 25.8. The molecule has 3 aromatic rings. The van der Waals surface area contributed by atoms with Crippen LogP contribution in [0.25, 0.3) is 10.9 Å². The van der Waals surface area contributed by atoms with E-state index in [-0.39, 0.29) is 30.4 Å². The third-order valence-corrected chi connectivity index (χ3v) is 6.34. The first kappa shape index (κ1) is 23.4. The number of carbonyl (C=O) groups is 1. The first-order chi connectivity index (χ1) is 16.5. The van der Waals surface area contributed by atoms with Gasteiger partial charge in [-0.25, -0.2) is 0 Å². The SMILES string of the molecule is COc1ccccc1NC(=O)C[n+]1c(O)[n+](C2CCCCC2)c(O)c2cc(OC)c(OC)cc21. The molecular formula is C25H31N3O6+2. The van der Waals surface area contributed by atoms with Crippen molar-refractivity contribution in [3.8, 4) is 29.1 Å². The Balaban J connectivity index is 1.83. The van der Waals surface area contributed by atoms with Gasteiger partial charge in [0.15, 0.2) is 22.9 Å². The number of amides is 1. The number of methoxy groups -OCH3 is 3. The van der Waals surface area contributed by atoms with Crippen molar-refractivity contribution in [2.75, 3.05) is 26.6 Å². The van der Waals surface area contributed by atoms with Crippen LogP contribution >= 0.6 is 0 Å². The number of nitrogens with zero attached hydrogens (tertiary/aromatic N) is 2. The van der Waals surface area contributed by atoms with E-state index in [0.717, 1.165) is 32.1 Å². The van der Waals surface area contributed by atoms with E-state index < -0.39 is 0 Å². The van der Waals surface area contributed by atoms with E-state index in [2.05, 4.69) is 5.32 Å². The van der Waals surface area contributed by atoms with Crippen molar-refractivity contribution >= 4 is 22.5 Å². The van der Waals surface area contributed by atoms with E-state index >= 15 is 0 Å². The van der Waals surface area contributed by atoms with E-state index in [4.69, 9.17) is 14.2 Å². The van der Waals surface area contributed by atoms with Crippen molar-refractivity contribution in [1.29, 1.82) is 0 Å². The lowest BCUT2D eigenvalue weighted by molar-refractivity contribution is -0.830. The lowest BCUT2D eigenvalue weighted by Gasteiger charge is -2.18. The molecule has 4 rings (SSSR count). The molecule has 9 heteroatoms. The summed E-state index contributed by atoms with van der Waals surface area (Å²) in [6.45, 7) is -0.192. The molecule has 0 unspecified atom stereocenters. The van der Waals surface area contributed by atoms with Crippen molar-refractivity contribution in [2.45, 2.75) is 44.7 Å². The van der Waals surface area contributed by atoms with Crippen molar-refractivity contribution < 1.29 is 38.4 Å². The number of benzene rings is 2. The quantitative estimate of drug-likeness (QED) is 0.460. The molecule has 0 atom stereocenters. The molecule has 1 aliphatic carbocycles. The third kappa shape index (κ3) is 4.37. The van der Waals surface area contributed by atoms with Crippen LogP contribution in [0.15, 0.2) is 36.4 Å². The van der Waals surface area contributed by atoms with Gasteiger partial charge in [0.1, 0.15) is 5.75 Å². The molecule has 1 amide bonds. The van der Waals surface area contributed by atoms with E-state index in [1.165, 1.54) is 30.5 Å². The number of rotatable bonds is 7. The Morgan fingerprint density at radius 3 is 2.29 bits per heavy atom. The number of fused-ring (bicyclic) bond motifs is 1. The molecule has 0 saturated heterocycles. The zero-order valence-electron chi connectivity index (χ0n) is 19.7. The highest BCUT2D eigenvalue weighted by molar-refractivity contribution is 5.92. The molecule has 2 aromatic carbocycles. The van der Waals surface area contributed by atoms with Crippen LogP contribution in [-0.2, 0) is 11.3 Å². The molecule has 3 N–H and O–H groups in total. The minimum Gasteiger partial charge on any atom is -0.495 e. The average Bonchev–Trinajstić information content (AvgIpc) is 2.86. The van der Waals surface area contributed by atoms with Gasteiger partial charge in [-0.05, 0) is 25.0 Å². The first-order valence-corrected chi connectivity index (χ1v) is 11.4. The standard InChI is InChI=1S/C25H29N3O6/c1-32-20-12-8-7-11-18(20)26-23(29)15-27-19-14-22(34-3)21(33-2)13-17(19)24(30)28(25(27)31)16-9-5-4-6-10-16/h7-8,11-14,16H,4-6,9-10,15H2,1-3H3,(H,26,29)/p+2. The number of aromatic hydroxyl groups is 2. The van der Waals surface area contributed by atoms with Gasteiger partial charge in [0.2, 0.25) is 12.1 Å². The van der Waals surface area contributed by atoms with Crippen LogP contribution in [0.5, 0.6) is 29.1 Å². The summed E-state index contributed by atoms with van der Waals surface area (Å²) in [4.78, 5) is 13.1. The number of hydrogen-bond donors (Lipinski definition) is 3. The topological polar surface area (TPSA) is 105 Å². The van der Waals surface area contributed by atoms with E-state index in [0.29, 0.717) is 33.8 Å². The first-order valence-electron chi connectivity index (χ1n) is 11.4. The predicted molar refractivity (Wildman–Crippen MR) is 125 cm³/mol. The lowest BCUT2D eigenvalue weighted by atomic mass is 9.95. The molecular weight excluding hydrogens is 438 g/mol. The summed E-state index contributed by atoms with van der Waals surface area (Å²) in [5.41, 5.74) is 0.965. The van der Waals surface area contributed by atoms with Gasteiger partial charge in [-0.2, -0.15) is 0 Å². The summed E-state index contributed by atoms with van der Waals surface area (Å²) in [7, 11) is 4.56. The maximum atomic E-state index is 13.1. The molecule has 1 heterocycles. The molecule has 0 radical (unpaired) electrons. The summed E-state index contributed by atoms with van der Waals surface area (Å²) in [6.07, 6.45) is 4.80. The maximum absolute atomic E-state index is 13.1. The molecule has 1 aromatic heterocycles. The number of anilines is 1. The van der Waals surface area contributed by atoms with E-state index in [9.17, 15) is 15.0 Å². The Morgan fingerprint density at radius 2 is 1.62 bits per heavy atom. The van der Waals surface area contributed by atoms with Gasteiger partial charge in [-0.15, -0.1) is 0 Å². The smallest absolute Gasteiger partial charge is 0.495 e. The average molecular weight is 470 g/mol. The Morgan fingerprint density at radius 1 is 0.971 bits per heavy atom. The van der Waals surface area contributed by atoms with Gasteiger partial charge in [0, 0.05) is 18.9 Å². The second-order valence-electron chi connectivity index (χ2n) is 8.34. The van der Waals surface area contributed by atoms with E-state index in [1.54, 1.807) is 30.3 Å². The highest BCUT2D eigenvalue weighted by atomic mass is 16.5. The van der Waals surface area contributed by atoms with E-state index in [1.807, 2.05) is 6.07 Å². The number of aromatic nitrogens is 2. The minimum atomic E-state index is -0.359. The van der Waals surface area contributed by atoms with Crippen molar-refractivity contribution in [1.82, 2.24) is 0 Å². The summed E-state index contributed by atoms with van der Waals surface area (Å²) in [6, 6.07) is 10.2. The maximum Gasteiger partial charge on any atom is 0.632 e. The Labute approximate surface area is 198 Å². The van der Waals surface area contributed by atoms with Crippen LogP contribution in [-0.4, -0.2) is 37.4 Å². The summed E-state index contributed by atoms with van der Waals surface area (Å²) < 4.78 is 19.2. The molecule has 0 bridgehead atoms. The van der Waals surface area contributed by atoms with Crippen LogP contribution in [0, 0.1) is 0 Å². The fourth-order valence-electron chi connectivity index (χ4n) is 4.65. The molecule has 180 valence electrons. The van der Waals surface area contributed by atoms with Gasteiger partial charge in [-0.1, -0.05) is 27.7 Å². The van der Waals surface area contributed by atoms with Crippen LogP contribution in [0.1, 0.15) is 38.1 Å². The lowest BCUT2D eigenvalue weighted by Crippen LogP contribution is -2.53. The molecule has 1 fully saturated rings. The highest BCUT2D eigenvalue weighted by Gasteiger charge is 2.40. The second-order valence-corrected chi connectivity index (χ2v) is 8.34. The summed E-state index contributed by atoms with van der Waals surface area (Å²) >= 11 is 0. The van der Waals surface area contributed by atoms with Crippen LogP contribution in [0.4, 0.5) is 5.69 Å². The number of carbonyl (C=O) groups excluding carboxylic acids is 1.